The highest BCUT2D eigenvalue weighted by molar-refractivity contribution is 5.82. The Morgan fingerprint density at radius 1 is 1.09 bits per heavy atom. The van der Waals surface area contributed by atoms with Gasteiger partial charge in [0.15, 0.2) is 5.82 Å². The second-order valence-electron chi connectivity index (χ2n) is 9.81. The first kappa shape index (κ1) is 20.2. The number of hydrogen-bond acceptors (Lipinski definition) is 6. The molecule has 1 amide bonds. The Bertz CT molecular complexity index is 1160. The predicted octanol–water partition coefficient (Wildman–Crippen LogP) is 3.18. The lowest BCUT2D eigenvalue weighted by molar-refractivity contribution is -0.130. The Hall–Kier alpha value is -3.42. The van der Waals surface area contributed by atoms with E-state index in [9.17, 15) is 4.79 Å². The Morgan fingerprint density at radius 2 is 1.85 bits per heavy atom. The van der Waals surface area contributed by atoms with Crippen molar-refractivity contribution in [3.8, 4) is 0 Å². The highest BCUT2D eigenvalue weighted by Gasteiger charge is 2.60. The molecule has 3 heterocycles. The number of aromatic amines is 1. The van der Waals surface area contributed by atoms with Gasteiger partial charge in [-0.25, -0.2) is 4.98 Å². The summed E-state index contributed by atoms with van der Waals surface area (Å²) in [4.78, 5) is 26.1. The number of nitrogens with one attached hydrogen (secondary N) is 2. The zero-order valence-corrected chi connectivity index (χ0v) is 19.0. The number of H-pyrrole nitrogens is 1. The number of benzene rings is 1. The summed E-state index contributed by atoms with van der Waals surface area (Å²) in [6, 6.07) is 14.5. The molecular weight excluding hydrogens is 414 g/mol. The Kier molecular flexibility index (Phi) is 4.81. The third kappa shape index (κ3) is 4.05. The van der Waals surface area contributed by atoms with Crippen molar-refractivity contribution < 1.29 is 4.79 Å². The minimum Gasteiger partial charge on any atom is -0.349 e. The first-order valence-corrected chi connectivity index (χ1v) is 11.8. The highest BCUT2D eigenvalue weighted by atomic mass is 16.2. The van der Waals surface area contributed by atoms with Gasteiger partial charge in [0.05, 0.1) is 5.69 Å². The van der Waals surface area contributed by atoms with Crippen molar-refractivity contribution in [1.82, 2.24) is 25.1 Å². The van der Waals surface area contributed by atoms with Crippen LogP contribution in [0.3, 0.4) is 0 Å². The smallest absolute Gasteiger partial charge is 0.227 e. The van der Waals surface area contributed by atoms with E-state index >= 15 is 0 Å². The van der Waals surface area contributed by atoms with Crippen LogP contribution in [0.4, 0.5) is 17.6 Å². The number of carbonyl (C=O) groups is 1. The summed E-state index contributed by atoms with van der Waals surface area (Å²) >= 11 is 0. The predicted molar refractivity (Wildman–Crippen MR) is 127 cm³/mol. The van der Waals surface area contributed by atoms with Gasteiger partial charge in [-0.05, 0) is 30.2 Å². The lowest BCUT2D eigenvalue weighted by atomic mass is 10.1. The third-order valence-corrected chi connectivity index (χ3v) is 7.07. The van der Waals surface area contributed by atoms with Crippen LogP contribution < -0.4 is 10.2 Å². The Labute approximate surface area is 193 Å². The molecule has 0 radical (unpaired) electrons. The normalized spacial score (nSPS) is 23.3. The van der Waals surface area contributed by atoms with Crippen molar-refractivity contribution in [1.29, 1.82) is 0 Å². The van der Waals surface area contributed by atoms with E-state index < -0.39 is 0 Å². The van der Waals surface area contributed by atoms with Crippen molar-refractivity contribution >= 4 is 23.5 Å². The summed E-state index contributed by atoms with van der Waals surface area (Å²) < 4.78 is 0. The summed E-state index contributed by atoms with van der Waals surface area (Å²) in [6.45, 7) is 1.66. The quantitative estimate of drug-likeness (QED) is 0.583. The van der Waals surface area contributed by atoms with Crippen molar-refractivity contribution in [2.24, 2.45) is 17.8 Å². The maximum absolute atomic E-state index is 12.4. The number of anilines is 3. The molecule has 0 spiro atoms. The van der Waals surface area contributed by atoms with E-state index in [-0.39, 0.29) is 11.8 Å². The largest absolute Gasteiger partial charge is 0.349 e. The molecule has 2 aromatic heterocycles. The number of carbonyl (C=O) groups excluding carboxylic acids is 1. The zero-order valence-electron chi connectivity index (χ0n) is 19.0. The second kappa shape index (κ2) is 7.86. The van der Waals surface area contributed by atoms with Crippen LogP contribution in [0.15, 0.2) is 42.5 Å². The average Bonchev–Trinajstić information content (AvgIpc) is 3.68. The van der Waals surface area contributed by atoms with Gasteiger partial charge in [0, 0.05) is 63.3 Å². The van der Waals surface area contributed by atoms with E-state index in [0.29, 0.717) is 17.8 Å². The number of hydrogen-bond donors (Lipinski definition) is 2. The van der Waals surface area contributed by atoms with Crippen LogP contribution in [0, 0.1) is 17.8 Å². The van der Waals surface area contributed by atoms with Crippen molar-refractivity contribution in [2.75, 3.05) is 37.4 Å². The molecule has 2 saturated carbocycles. The average molecular weight is 444 g/mol. The molecule has 2 N–H and O–H groups in total. The Balaban J connectivity index is 1.24. The number of piperidine rings is 1. The monoisotopic (exact) mass is 443 g/mol. The SMILES string of the molecule is CN(C)C(=O)C1[C@H]2CN(c3nc(Cc4ccccc4)cc(Nc4cc(C5CC5)[nH]n4)n3)C[C@@H]12. The van der Waals surface area contributed by atoms with E-state index in [4.69, 9.17) is 9.97 Å². The van der Waals surface area contributed by atoms with Crippen molar-refractivity contribution in [3.05, 3.63) is 59.4 Å². The van der Waals surface area contributed by atoms with E-state index in [1.165, 1.54) is 24.1 Å². The van der Waals surface area contributed by atoms with Crippen molar-refractivity contribution in [2.45, 2.75) is 25.2 Å². The van der Waals surface area contributed by atoms with Crippen LogP contribution >= 0.6 is 0 Å². The lowest BCUT2D eigenvalue weighted by Crippen LogP contribution is -2.32. The van der Waals surface area contributed by atoms with Crippen LogP contribution in [0.2, 0.25) is 0 Å². The number of rotatable bonds is 7. The molecule has 3 fully saturated rings. The minimum atomic E-state index is 0.159. The number of amides is 1. The molecule has 8 heteroatoms. The van der Waals surface area contributed by atoms with Crippen molar-refractivity contribution in [3.63, 3.8) is 0 Å². The van der Waals surface area contributed by atoms with Gasteiger partial charge >= 0.3 is 0 Å². The van der Waals surface area contributed by atoms with Gasteiger partial charge in [0.2, 0.25) is 11.9 Å². The summed E-state index contributed by atoms with van der Waals surface area (Å²) in [5.74, 6) is 4.11. The summed E-state index contributed by atoms with van der Waals surface area (Å²) in [7, 11) is 3.68. The van der Waals surface area contributed by atoms with E-state index in [2.05, 4.69) is 50.7 Å². The summed E-state index contributed by atoms with van der Waals surface area (Å²) in [6.07, 6.45) is 3.20. The third-order valence-electron chi connectivity index (χ3n) is 7.07. The van der Waals surface area contributed by atoms with Crippen LogP contribution in [-0.4, -0.2) is 58.2 Å². The van der Waals surface area contributed by atoms with Gasteiger partial charge in [-0.3, -0.25) is 9.89 Å². The molecule has 33 heavy (non-hydrogen) atoms. The molecule has 1 aromatic carbocycles. The molecule has 2 aliphatic carbocycles. The van der Waals surface area contributed by atoms with Crippen LogP contribution in [0.1, 0.15) is 35.7 Å². The van der Waals surface area contributed by atoms with Gasteiger partial charge in [-0.15, -0.1) is 0 Å². The molecule has 3 aliphatic rings. The van der Waals surface area contributed by atoms with Gasteiger partial charge in [0.25, 0.3) is 0 Å². The zero-order chi connectivity index (χ0) is 22.5. The molecule has 8 nitrogen and oxygen atoms in total. The van der Waals surface area contributed by atoms with Crippen LogP contribution in [-0.2, 0) is 11.2 Å². The molecule has 1 saturated heterocycles. The Morgan fingerprint density at radius 3 is 2.55 bits per heavy atom. The minimum absolute atomic E-state index is 0.159. The molecule has 170 valence electrons. The molecule has 0 bridgehead atoms. The van der Waals surface area contributed by atoms with Crippen LogP contribution in [0.25, 0.3) is 0 Å². The van der Waals surface area contributed by atoms with Gasteiger partial charge in [-0.1, -0.05) is 30.3 Å². The molecule has 1 unspecified atom stereocenters. The first-order chi connectivity index (χ1) is 16.0. The molecular formula is C25H29N7O. The lowest BCUT2D eigenvalue weighted by Gasteiger charge is -2.22. The van der Waals surface area contributed by atoms with Gasteiger partial charge in [-0.2, -0.15) is 10.1 Å². The first-order valence-electron chi connectivity index (χ1n) is 11.8. The fourth-order valence-corrected chi connectivity index (χ4v) is 5.07. The fraction of sp³-hybridized carbons (Fsp3) is 0.440. The van der Waals surface area contributed by atoms with E-state index in [1.807, 2.05) is 26.2 Å². The molecule has 6 rings (SSSR count). The maximum Gasteiger partial charge on any atom is 0.227 e. The standard InChI is InChI=1S/C25H29N7O/c1-31(2)24(33)23-18-13-32(14-19(18)23)25-26-17(10-15-6-4-3-5-7-15)11-21(28-25)27-22-12-20(29-30-22)16-8-9-16/h3-7,11-12,16,18-19,23H,8-10,13-14H2,1-2H3,(H2,26,27,28,29,30)/t18-,19+,23?. The number of aromatic nitrogens is 4. The number of nitrogens with zero attached hydrogens (tertiary/aromatic N) is 5. The van der Waals surface area contributed by atoms with Gasteiger partial charge in [0.1, 0.15) is 5.82 Å². The maximum atomic E-state index is 12.4. The van der Waals surface area contributed by atoms with E-state index in [0.717, 1.165) is 42.8 Å². The molecule has 1 aliphatic heterocycles. The number of fused-ring (bicyclic) bond motifs is 1. The van der Waals surface area contributed by atoms with E-state index in [1.54, 1.807) is 4.90 Å². The van der Waals surface area contributed by atoms with Crippen LogP contribution in [0.5, 0.6) is 0 Å². The molecule has 3 aromatic rings. The second-order valence-corrected chi connectivity index (χ2v) is 9.81. The fourth-order valence-electron chi connectivity index (χ4n) is 5.07. The highest BCUT2D eigenvalue weighted by Crippen LogP contribution is 2.53. The summed E-state index contributed by atoms with van der Waals surface area (Å²) in [5, 5.41) is 11.0. The molecule has 3 atom stereocenters. The topological polar surface area (TPSA) is 90.0 Å². The van der Waals surface area contributed by atoms with Gasteiger partial charge < -0.3 is 15.1 Å². The summed E-state index contributed by atoms with van der Waals surface area (Å²) in [5.41, 5.74) is 3.37.